The summed E-state index contributed by atoms with van der Waals surface area (Å²) in [6.07, 6.45) is 1.40. The minimum absolute atomic E-state index is 0.0999. The fraction of sp³-hybridized carbons (Fsp3) is 0.467. The van der Waals surface area contributed by atoms with Crippen LogP contribution in [-0.2, 0) is 16.1 Å². The highest BCUT2D eigenvalue weighted by Gasteiger charge is 1.98. The molecule has 0 aromatic heterocycles. The topological polar surface area (TPSA) is 38.7 Å². The van der Waals surface area contributed by atoms with E-state index in [0.29, 0.717) is 19.6 Å². The van der Waals surface area contributed by atoms with Crippen LogP contribution in [0.1, 0.15) is 24.0 Å². The smallest absolute Gasteiger partial charge is 0.0728 e. The van der Waals surface area contributed by atoms with Crippen LogP contribution in [0.2, 0.25) is 0 Å². The minimum Gasteiger partial charge on any atom is -0.395 e. The molecule has 1 aromatic carbocycles. The first kappa shape index (κ1) is 14.7. The molecule has 0 aliphatic rings. The average Bonchev–Trinajstić information content (AvgIpc) is 2.40. The molecular weight excluding hydrogens is 228 g/mol. The molecule has 0 atom stereocenters. The Morgan fingerprint density at radius 3 is 2.83 bits per heavy atom. The summed E-state index contributed by atoms with van der Waals surface area (Å²) in [5.74, 6) is 5.98. The van der Waals surface area contributed by atoms with Crippen molar-refractivity contribution in [1.29, 1.82) is 0 Å². The van der Waals surface area contributed by atoms with Gasteiger partial charge in [-0.25, -0.2) is 0 Å². The Labute approximate surface area is 109 Å². The van der Waals surface area contributed by atoms with Crippen LogP contribution in [0.4, 0.5) is 0 Å². The Morgan fingerprint density at radius 1 is 1.22 bits per heavy atom. The highest BCUT2D eigenvalue weighted by molar-refractivity contribution is 5.40. The second kappa shape index (κ2) is 9.67. The lowest BCUT2D eigenvalue weighted by molar-refractivity contribution is 0.0927. The van der Waals surface area contributed by atoms with Gasteiger partial charge in [-0.2, -0.15) is 0 Å². The minimum atomic E-state index is 0.0999. The Hall–Kier alpha value is -1.34. The van der Waals surface area contributed by atoms with E-state index in [4.69, 9.17) is 14.6 Å². The summed E-state index contributed by atoms with van der Waals surface area (Å²) in [6.45, 7) is 2.07. The van der Waals surface area contributed by atoms with Gasteiger partial charge in [0.05, 0.1) is 13.2 Å². The van der Waals surface area contributed by atoms with Crippen molar-refractivity contribution in [2.75, 3.05) is 26.9 Å². The van der Waals surface area contributed by atoms with Gasteiger partial charge in [-0.15, -0.1) is 0 Å². The maximum Gasteiger partial charge on any atom is 0.0728 e. The average molecular weight is 248 g/mol. The van der Waals surface area contributed by atoms with Crippen molar-refractivity contribution in [3.8, 4) is 11.8 Å². The number of rotatable bonds is 7. The van der Waals surface area contributed by atoms with Crippen molar-refractivity contribution >= 4 is 0 Å². The summed E-state index contributed by atoms with van der Waals surface area (Å²) in [4.78, 5) is 0. The lowest BCUT2D eigenvalue weighted by Gasteiger charge is -2.06. The summed E-state index contributed by atoms with van der Waals surface area (Å²) in [5, 5.41) is 8.70. The zero-order chi connectivity index (χ0) is 13.1. The van der Waals surface area contributed by atoms with Gasteiger partial charge in [-0.3, -0.25) is 0 Å². The second-order valence-electron chi connectivity index (χ2n) is 3.83. The summed E-state index contributed by atoms with van der Waals surface area (Å²) in [5.41, 5.74) is 2.05. The Morgan fingerprint density at radius 2 is 2.06 bits per heavy atom. The largest absolute Gasteiger partial charge is 0.395 e. The first-order valence-corrected chi connectivity index (χ1v) is 6.12. The monoisotopic (exact) mass is 248 g/mol. The summed E-state index contributed by atoms with van der Waals surface area (Å²) in [6, 6.07) is 7.92. The van der Waals surface area contributed by atoms with E-state index in [2.05, 4.69) is 11.8 Å². The molecule has 0 unspecified atom stereocenters. The number of methoxy groups -OCH3 is 1. The normalized spacial score (nSPS) is 9.89. The highest BCUT2D eigenvalue weighted by Crippen LogP contribution is 2.09. The van der Waals surface area contributed by atoms with Crippen LogP contribution in [0.25, 0.3) is 0 Å². The first-order chi connectivity index (χ1) is 8.88. The maximum atomic E-state index is 8.70. The molecule has 3 nitrogen and oxygen atoms in total. The van der Waals surface area contributed by atoms with E-state index in [0.717, 1.165) is 24.2 Å². The predicted molar refractivity (Wildman–Crippen MR) is 71.2 cm³/mol. The van der Waals surface area contributed by atoms with Crippen molar-refractivity contribution in [2.45, 2.75) is 19.4 Å². The Balaban J connectivity index is 2.47. The van der Waals surface area contributed by atoms with Gasteiger partial charge >= 0.3 is 0 Å². The van der Waals surface area contributed by atoms with E-state index in [-0.39, 0.29) is 6.61 Å². The van der Waals surface area contributed by atoms with Gasteiger partial charge in [0.25, 0.3) is 0 Å². The third-order valence-corrected chi connectivity index (χ3v) is 2.37. The Kier molecular flexibility index (Phi) is 7.90. The van der Waals surface area contributed by atoms with Crippen LogP contribution in [0.15, 0.2) is 24.3 Å². The number of hydrogen-bond acceptors (Lipinski definition) is 3. The molecule has 1 aromatic rings. The molecule has 0 aliphatic heterocycles. The van der Waals surface area contributed by atoms with Crippen molar-refractivity contribution in [2.24, 2.45) is 0 Å². The van der Waals surface area contributed by atoms with E-state index in [1.54, 1.807) is 7.11 Å². The van der Waals surface area contributed by atoms with Crippen molar-refractivity contribution in [3.05, 3.63) is 35.4 Å². The number of ether oxygens (including phenoxy) is 2. The molecule has 3 heteroatoms. The standard InChI is InChI=1S/C15H20O3/c1-17-11-6-12-18-13-15-9-3-2-7-14(15)8-4-5-10-16/h2-3,7,9,16H,5-6,10-13H2,1H3. The van der Waals surface area contributed by atoms with Gasteiger partial charge < -0.3 is 14.6 Å². The molecule has 98 valence electrons. The van der Waals surface area contributed by atoms with Gasteiger partial charge in [0, 0.05) is 32.3 Å². The molecule has 0 amide bonds. The van der Waals surface area contributed by atoms with Crippen molar-refractivity contribution in [1.82, 2.24) is 0 Å². The van der Waals surface area contributed by atoms with Crippen molar-refractivity contribution in [3.63, 3.8) is 0 Å². The quantitative estimate of drug-likeness (QED) is 0.592. The molecule has 0 fully saturated rings. The number of benzene rings is 1. The Bertz CT molecular complexity index is 390. The lowest BCUT2D eigenvalue weighted by atomic mass is 10.1. The number of aliphatic hydroxyl groups excluding tert-OH is 1. The van der Waals surface area contributed by atoms with Crippen LogP contribution in [0.3, 0.4) is 0 Å². The van der Waals surface area contributed by atoms with Crippen molar-refractivity contribution < 1.29 is 14.6 Å². The summed E-state index contributed by atoms with van der Waals surface area (Å²) < 4.78 is 10.5. The number of aliphatic hydroxyl groups is 1. The van der Waals surface area contributed by atoms with Crippen LogP contribution < -0.4 is 0 Å². The SMILES string of the molecule is COCCCOCc1ccccc1C#CCCO. The molecule has 18 heavy (non-hydrogen) atoms. The molecule has 0 heterocycles. The molecule has 1 rings (SSSR count). The van der Waals surface area contributed by atoms with E-state index < -0.39 is 0 Å². The zero-order valence-electron chi connectivity index (χ0n) is 10.8. The van der Waals surface area contributed by atoms with Crippen LogP contribution in [0, 0.1) is 11.8 Å². The molecular formula is C15H20O3. The highest BCUT2D eigenvalue weighted by atomic mass is 16.5. The molecule has 0 bridgehead atoms. The van der Waals surface area contributed by atoms with Crippen LogP contribution in [0.5, 0.6) is 0 Å². The fourth-order valence-corrected chi connectivity index (χ4v) is 1.47. The van der Waals surface area contributed by atoms with Gasteiger partial charge in [-0.1, -0.05) is 30.0 Å². The summed E-state index contributed by atoms with van der Waals surface area (Å²) in [7, 11) is 1.69. The van der Waals surface area contributed by atoms with Crippen LogP contribution in [-0.4, -0.2) is 32.0 Å². The van der Waals surface area contributed by atoms with E-state index in [9.17, 15) is 0 Å². The molecule has 0 saturated heterocycles. The predicted octanol–water partition coefficient (Wildman–Crippen LogP) is 1.97. The molecule has 0 radical (unpaired) electrons. The van der Waals surface area contributed by atoms with Gasteiger partial charge in [0.2, 0.25) is 0 Å². The molecule has 0 spiro atoms. The van der Waals surface area contributed by atoms with E-state index >= 15 is 0 Å². The number of hydrogen-bond donors (Lipinski definition) is 1. The fourth-order valence-electron chi connectivity index (χ4n) is 1.47. The summed E-state index contributed by atoms with van der Waals surface area (Å²) >= 11 is 0. The van der Waals surface area contributed by atoms with Gasteiger partial charge in [-0.05, 0) is 18.1 Å². The van der Waals surface area contributed by atoms with E-state index in [1.807, 2.05) is 24.3 Å². The lowest BCUT2D eigenvalue weighted by Crippen LogP contribution is -2.00. The third kappa shape index (κ3) is 5.83. The van der Waals surface area contributed by atoms with Gasteiger partial charge in [0.15, 0.2) is 0 Å². The third-order valence-electron chi connectivity index (χ3n) is 2.37. The molecule has 0 saturated carbocycles. The molecule has 0 aliphatic carbocycles. The van der Waals surface area contributed by atoms with Crippen LogP contribution >= 0.6 is 0 Å². The molecule has 1 N–H and O–H groups in total. The maximum absolute atomic E-state index is 8.70. The second-order valence-corrected chi connectivity index (χ2v) is 3.83. The van der Waals surface area contributed by atoms with Gasteiger partial charge in [0.1, 0.15) is 0 Å². The first-order valence-electron chi connectivity index (χ1n) is 6.12. The zero-order valence-corrected chi connectivity index (χ0v) is 10.8. The van der Waals surface area contributed by atoms with E-state index in [1.165, 1.54) is 0 Å².